The van der Waals surface area contributed by atoms with Crippen LogP contribution in [0.2, 0.25) is 0 Å². The molecule has 0 aromatic carbocycles. The summed E-state index contributed by atoms with van der Waals surface area (Å²) < 4.78 is 11.1. The fourth-order valence-corrected chi connectivity index (χ4v) is 2.98. The van der Waals surface area contributed by atoms with Gasteiger partial charge in [-0.25, -0.2) is 9.97 Å². The molecule has 1 fully saturated rings. The molecule has 15 heavy (non-hydrogen) atoms. The fourth-order valence-electron chi connectivity index (χ4n) is 1.68. The lowest BCUT2D eigenvalue weighted by molar-refractivity contribution is 0.474. The van der Waals surface area contributed by atoms with Crippen LogP contribution in [-0.2, 0) is 17.3 Å². The number of nitrogens with one attached hydrogen (secondary N) is 1. The van der Waals surface area contributed by atoms with Crippen molar-refractivity contribution in [2.24, 2.45) is 0 Å². The molecule has 0 unspecified atom stereocenters. The molecule has 1 saturated heterocycles. The van der Waals surface area contributed by atoms with Crippen molar-refractivity contribution in [1.82, 2.24) is 15.3 Å². The number of hydrogen-bond donors (Lipinski definition) is 1. The molecule has 0 bridgehead atoms. The van der Waals surface area contributed by atoms with Gasteiger partial charge in [0.2, 0.25) is 0 Å². The third-order valence-corrected chi connectivity index (χ3v) is 3.98. The molecule has 4 nitrogen and oxygen atoms in total. The zero-order chi connectivity index (χ0) is 10.5. The zero-order valence-electron chi connectivity index (χ0n) is 8.56. The Balaban J connectivity index is 1.77. The summed E-state index contributed by atoms with van der Waals surface area (Å²) in [5.41, 5.74) is 1.10. The summed E-state index contributed by atoms with van der Waals surface area (Å²) in [6.45, 7) is 0.804. The van der Waals surface area contributed by atoms with Gasteiger partial charge in [-0.1, -0.05) is 0 Å². The predicted octanol–water partition coefficient (Wildman–Crippen LogP) is 0.477. The first-order valence-corrected chi connectivity index (χ1v) is 6.65. The van der Waals surface area contributed by atoms with Crippen LogP contribution in [0, 0.1) is 0 Å². The summed E-state index contributed by atoms with van der Waals surface area (Å²) in [6, 6.07) is 0.503. The van der Waals surface area contributed by atoms with Crippen molar-refractivity contribution >= 4 is 10.8 Å². The predicted molar refractivity (Wildman–Crippen MR) is 59.8 cm³/mol. The molecular weight excluding hydrogens is 210 g/mol. The van der Waals surface area contributed by atoms with E-state index in [1.54, 1.807) is 0 Å². The van der Waals surface area contributed by atoms with E-state index in [1.165, 1.54) is 6.33 Å². The Morgan fingerprint density at radius 3 is 2.67 bits per heavy atom. The highest BCUT2D eigenvalue weighted by molar-refractivity contribution is 7.85. The van der Waals surface area contributed by atoms with Gasteiger partial charge in [-0.05, 0) is 12.8 Å². The van der Waals surface area contributed by atoms with Gasteiger partial charge in [-0.15, -0.1) is 0 Å². The summed E-state index contributed by atoms with van der Waals surface area (Å²) in [5.74, 6) is 1.67. The van der Waals surface area contributed by atoms with Crippen LogP contribution in [0.25, 0.3) is 0 Å². The van der Waals surface area contributed by atoms with Gasteiger partial charge in [-0.3, -0.25) is 4.21 Å². The smallest absolute Gasteiger partial charge is 0.115 e. The third-order valence-electron chi connectivity index (χ3n) is 2.60. The monoisotopic (exact) mass is 225 g/mol. The average Bonchev–Trinajstić information content (AvgIpc) is 2.30. The molecule has 82 valence electrons. The quantitative estimate of drug-likeness (QED) is 0.813. The van der Waals surface area contributed by atoms with Crippen molar-refractivity contribution in [1.29, 1.82) is 0 Å². The maximum Gasteiger partial charge on any atom is 0.115 e. The Morgan fingerprint density at radius 1 is 1.33 bits per heavy atom. The molecular formula is C10H15N3OS. The lowest BCUT2D eigenvalue weighted by atomic mass is 10.1. The summed E-state index contributed by atoms with van der Waals surface area (Å²) in [4.78, 5) is 7.92. The highest BCUT2D eigenvalue weighted by Crippen LogP contribution is 2.09. The van der Waals surface area contributed by atoms with E-state index in [-0.39, 0.29) is 0 Å². The maximum atomic E-state index is 11.1. The summed E-state index contributed by atoms with van der Waals surface area (Å²) in [6.07, 6.45) is 7.20. The van der Waals surface area contributed by atoms with E-state index in [4.69, 9.17) is 0 Å². The first kappa shape index (κ1) is 10.7. The third kappa shape index (κ3) is 3.35. The van der Waals surface area contributed by atoms with Crippen LogP contribution in [0.1, 0.15) is 18.4 Å². The van der Waals surface area contributed by atoms with Crippen molar-refractivity contribution in [3.63, 3.8) is 0 Å². The summed E-state index contributed by atoms with van der Waals surface area (Å²) in [5, 5.41) is 3.44. The Labute approximate surface area is 92.0 Å². The van der Waals surface area contributed by atoms with Crippen LogP contribution < -0.4 is 5.32 Å². The second-order valence-corrected chi connectivity index (χ2v) is 5.45. The van der Waals surface area contributed by atoms with Crippen LogP contribution in [0.3, 0.4) is 0 Å². The minimum atomic E-state index is -0.574. The van der Waals surface area contributed by atoms with Crippen molar-refractivity contribution in [2.75, 3.05) is 11.5 Å². The van der Waals surface area contributed by atoms with Gasteiger partial charge in [0.25, 0.3) is 0 Å². The van der Waals surface area contributed by atoms with E-state index in [0.717, 1.165) is 36.5 Å². The molecule has 5 heteroatoms. The van der Waals surface area contributed by atoms with Gasteiger partial charge in [0.15, 0.2) is 0 Å². The Hall–Kier alpha value is -0.810. The zero-order valence-corrected chi connectivity index (χ0v) is 9.37. The van der Waals surface area contributed by atoms with Crippen molar-refractivity contribution in [3.8, 4) is 0 Å². The first-order valence-electron chi connectivity index (χ1n) is 5.17. The molecule has 2 rings (SSSR count). The molecule has 0 aliphatic carbocycles. The topological polar surface area (TPSA) is 54.9 Å². The van der Waals surface area contributed by atoms with E-state index < -0.39 is 10.8 Å². The van der Waals surface area contributed by atoms with Gasteiger partial charge in [0.1, 0.15) is 6.33 Å². The average molecular weight is 225 g/mol. The van der Waals surface area contributed by atoms with E-state index in [1.807, 2.05) is 12.4 Å². The SMILES string of the molecule is O=S1CCC(NCc2cncnc2)CC1. The van der Waals surface area contributed by atoms with E-state index in [2.05, 4.69) is 15.3 Å². The molecule has 1 N–H and O–H groups in total. The fraction of sp³-hybridized carbons (Fsp3) is 0.600. The molecule has 0 amide bonds. The summed E-state index contributed by atoms with van der Waals surface area (Å²) >= 11 is 0. The van der Waals surface area contributed by atoms with Crippen LogP contribution in [0.4, 0.5) is 0 Å². The Bertz CT molecular complexity index is 321. The molecule has 0 atom stereocenters. The number of nitrogens with zero attached hydrogens (tertiary/aromatic N) is 2. The standard InChI is InChI=1S/C10H15N3OS/c14-15-3-1-10(2-4-15)13-7-9-5-11-8-12-6-9/h5-6,8,10,13H,1-4,7H2. The van der Waals surface area contributed by atoms with Gasteiger partial charge >= 0.3 is 0 Å². The Morgan fingerprint density at radius 2 is 2.00 bits per heavy atom. The van der Waals surface area contributed by atoms with Gasteiger partial charge in [0.05, 0.1) is 0 Å². The number of hydrogen-bond acceptors (Lipinski definition) is 4. The van der Waals surface area contributed by atoms with Gasteiger partial charge in [-0.2, -0.15) is 0 Å². The molecule has 0 spiro atoms. The van der Waals surface area contributed by atoms with Crippen molar-refractivity contribution in [3.05, 3.63) is 24.3 Å². The van der Waals surface area contributed by atoms with Crippen molar-refractivity contribution < 1.29 is 4.21 Å². The maximum absolute atomic E-state index is 11.1. The van der Waals surface area contributed by atoms with Crippen LogP contribution >= 0.6 is 0 Å². The molecule has 0 radical (unpaired) electrons. The van der Waals surface area contributed by atoms with Crippen LogP contribution in [0.15, 0.2) is 18.7 Å². The molecule has 2 heterocycles. The largest absolute Gasteiger partial charge is 0.310 e. The van der Waals surface area contributed by atoms with E-state index in [0.29, 0.717) is 6.04 Å². The minimum Gasteiger partial charge on any atom is -0.310 e. The summed E-state index contributed by atoms with van der Waals surface area (Å²) in [7, 11) is -0.574. The highest BCUT2D eigenvalue weighted by atomic mass is 32.2. The molecule has 0 saturated carbocycles. The van der Waals surface area contributed by atoms with Crippen LogP contribution in [-0.4, -0.2) is 31.7 Å². The highest BCUT2D eigenvalue weighted by Gasteiger charge is 2.16. The first-order chi connectivity index (χ1) is 7.34. The van der Waals surface area contributed by atoms with E-state index in [9.17, 15) is 4.21 Å². The Kier molecular flexibility index (Phi) is 3.80. The second kappa shape index (κ2) is 5.32. The number of rotatable bonds is 3. The lowest BCUT2D eigenvalue weighted by Crippen LogP contribution is -2.35. The molecule has 1 aromatic heterocycles. The van der Waals surface area contributed by atoms with Gasteiger partial charge in [0, 0.05) is 52.8 Å². The van der Waals surface area contributed by atoms with Crippen molar-refractivity contribution in [2.45, 2.75) is 25.4 Å². The van der Waals surface area contributed by atoms with Crippen LogP contribution in [0.5, 0.6) is 0 Å². The normalized spacial score (nSPS) is 26.4. The van der Waals surface area contributed by atoms with Gasteiger partial charge < -0.3 is 5.32 Å². The minimum absolute atomic E-state index is 0.503. The molecule has 1 aliphatic rings. The molecule has 1 aromatic rings. The lowest BCUT2D eigenvalue weighted by Gasteiger charge is -2.22. The molecule has 1 aliphatic heterocycles. The number of aromatic nitrogens is 2. The van der Waals surface area contributed by atoms with E-state index >= 15 is 0 Å². The second-order valence-electron chi connectivity index (χ2n) is 3.75.